The Morgan fingerprint density at radius 1 is 0.947 bits per heavy atom. The summed E-state index contributed by atoms with van der Waals surface area (Å²) in [6.45, 7) is 0. The van der Waals surface area contributed by atoms with Crippen molar-refractivity contribution in [2.75, 3.05) is 0 Å². The van der Waals surface area contributed by atoms with Gasteiger partial charge in [-0.25, -0.2) is 4.98 Å². The number of H-pyrrole nitrogens is 1. The number of imidazole rings is 1. The van der Waals surface area contributed by atoms with E-state index in [0.29, 0.717) is 5.82 Å². The monoisotopic (exact) mass is 263 g/mol. The maximum Gasteiger partial charge on any atom is 0.417 e. The van der Waals surface area contributed by atoms with Crippen molar-refractivity contribution in [3.63, 3.8) is 0 Å². The van der Waals surface area contributed by atoms with Crippen LogP contribution in [-0.4, -0.2) is 4.98 Å². The minimum atomic E-state index is -4.37. The van der Waals surface area contributed by atoms with Gasteiger partial charge in [0.2, 0.25) is 0 Å². The van der Waals surface area contributed by atoms with E-state index < -0.39 is 11.7 Å². The summed E-state index contributed by atoms with van der Waals surface area (Å²) in [7, 11) is 0. The van der Waals surface area contributed by atoms with Crippen LogP contribution in [-0.2, 0) is 6.18 Å². The van der Waals surface area contributed by atoms with Gasteiger partial charge in [-0.1, -0.05) is 18.2 Å². The number of alkyl halides is 3. The van der Waals surface area contributed by atoms with Gasteiger partial charge in [-0.05, 0) is 24.3 Å². The molecule has 2 heterocycles. The molecule has 0 saturated carbocycles. The van der Waals surface area contributed by atoms with Crippen LogP contribution in [0.3, 0.4) is 0 Å². The molecule has 96 valence electrons. The number of hydrogen-bond acceptors (Lipinski definition) is 0. The maximum atomic E-state index is 13.0. The Balaban J connectivity index is 2.28. The van der Waals surface area contributed by atoms with Crippen molar-refractivity contribution in [1.29, 1.82) is 0 Å². The lowest BCUT2D eigenvalue weighted by molar-refractivity contribution is -0.498. The molecule has 5 heteroatoms. The van der Waals surface area contributed by atoms with E-state index in [4.69, 9.17) is 0 Å². The number of aromatic nitrogens is 2. The standard InChI is InChI=1S/C14H9F3N2/c15-14(16,17)12-7-2-1-6-11(12)13-18-9-10-5-3-4-8-19(10)13/h1-9H/p+1. The zero-order chi connectivity index (χ0) is 13.5. The number of hydrogen-bond donors (Lipinski definition) is 1. The molecule has 2 aromatic heterocycles. The van der Waals surface area contributed by atoms with Gasteiger partial charge in [0, 0.05) is 0 Å². The van der Waals surface area contributed by atoms with Crippen molar-refractivity contribution in [2.45, 2.75) is 6.18 Å². The molecule has 0 bridgehead atoms. The van der Waals surface area contributed by atoms with E-state index in [0.717, 1.165) is 11.6 Å². The van der Waals surface area contributed by atoms with Crippen LogP contribution in [0, 0.1) is 0 Å². The summed E-state index contributed by atoms with van der Waals surface area (Å²) in [5.41, 5.74) is 0.311. The van der Waals surface area contributed by atoms with E-state index in [9.17, 15) is 13.2 Å². The summed E-state index contributed by atoms with van der Waals surface area (Å²) >= 11 is 0. The Bertz CT molecular complexity index is 729. The molecule has 0 amide bonds. The van der Waals surface area contributed by atoms with E-state index in [-0.39, 0.29) is 5.56 Å². The van der Waals surface area contributed by atoms with Gasteiger partial charge in [-0.2, -0.15) is 17.6 Å². The molecule has 0 radical (unpaired) electrons. The van der Waals surface area contributed by atoms with Crippen molar-refractivity contribution < 1.29 is 17.6 Å². The molecule has 3 aromatic rings. The van der Waals surface area contributed by atoms with E-state index in [1.807, 2.05) is 12.1 Å². The van der Waals surface area contributed by atoms with Crippen molar-refractivity contribution in [1.82, 2.24) is 4.98 Å². The fraction of sp³-hybridized carbons (Fsp3) is 0.0714. The van der Waals surface area contributed by atoms with Crippen LogP contribution in [0.4, 0.5) is 13.2 Å². The smallest absolute Gasteiger partial charge is 0.242 e. The minimum absolute atomic E-state index is 0.140. The molecule has 3 rings (SSSR count). The number of fused-ring (bicyclic) bond motifs is 1. The fourth-order valence-corrected chi connectivity index (χ4v) is 2.13. The fourth-order valence-electron chi connectivity index (χ4n) is 2.13. The summed E-state index contributed by atoms with van der Waals surface area (Å²) in [5, 5.41) is 0. The Morgan fingerprint density at radius 3 is 2.47 bits per heavy atom. The lowest BCUT2D eigenvalue weighted by Crippen LogP contribution is -2.22. The molecule has 0 unspecified atom stereocenters. The summed E-state index contributed by atoms with van der Waals surface area (Å²) < 4.78 is 40.8. The molecule has 0 atom stereocenters. The second-order valence-electron chi connectivity index (χ2n) is 4.18. The van der Waals surface area contributed by atoms with E-state index in [1.165, 1.54) is 12.1 Å². The van der Waals surface area contributed by atoms with E-state index >= 15 is 0 Å². The van der Waals surface area contributed by atoms with E-state index in [1.54, 1.807) is 28.9 Å². The molecule has 1 N–H and O–H groups in total. The predicted molar refractivity (Wildman–Crippen MR) is 64.4 cm³/mol. The number of nitrogens with zero attached hydrogens (tertiary/aromatic N) is 1. The first-order valence-corrected chi connectivity index (χ1v) is 5.72. The van der Waals surface area contributed by atoms with Gasteiger partial charge in [-0.15, -0.1) is 0 Å². The van der Waals surface area contributed by atoms with Crippen LogP contribution in [0.25, 0.3) is 16.9 Å². The second kappa shape index (κ2) is 4.12. The number of halogens is 3. The van der Waals surface area contributed by atoms with Crippen molar-refractivity contribution in [3.8, 4) is 11.4 Å². The predicted octanol–water partition coefficient (Wildman–Crippen LogP) is 3.44. The highest BCUT2D eigenvalue weighted by molar-refractivity contribution is 5.60. The summed E-state index contributed by atoms with van der Waals surface area (Å²) in [4.78, 5) is 2.91. The zero-order valence-corrected chi connectivity index (χ0v) is 9.78. The summed E-state index contributed by atoms with van der Waals surface area (Å²) in [5.74, 6) is 0.420. The second-order valence-corrected chi connectivity index (χ2v) is 4.18. The normalized spacial score (nSPS) is 11.9. The van der Waals surface area contributed by atoms with Crippen LogP contribution < -0.4 is 4.40 Å². The first kappa shape index (κ1) is 11.8. The molecule has 19 heavy (non-hydrogen) atoms. The van der Waals surface area contributed by atoms with Gasteiger partial charge >= 0.3 is 6.18 Å². The van der Waals surface area contributed by atoms with E-state index in [2.05, 4.69) is 4.98 Å². The molecule has 0 aliphatic carbocycles. The Hall–Kier alpha value is -2.30. The first-order chi connectivity index (χ1) is 9.07. The summed E-state index contributed by atoms with van der Waals surface area (Å²) in [6.07, 6.45) is -0.958. The lowest BCUT2D eigenvalue weighted by Gasteiger charge is -2.09. The Morgan fingerprint density at radius 2 is 1.68 bits per heavy atom. The minimum Gasteiger partial charge on any atom is -0.242 e. The zero-order valence-electron chi connectivity index (χ0n) is 9.78. The average Bonchev–Trinajstić information content (AvgIpc) is 2.81. The number of pyridine rings is 1. The van der Waals surface area contributed by atoms with Gasteiger partial charge in [0.1, 0.15) is 6.20 Å². The third-order valence-electron chi connectivity index (χ3n) is 2.98. The highest BCUT2D eigenvalue weighted by Gasteiger charge is 2.35. The average molecular weight is 263 g/mol. The summed E-state index contributed by atoms with van der Waals surface area (Å²) in [6, 6.07) is 11.0. The third kappa shape index (κ3) is 1.97. The molecule has 0 spiro atoms. The lowest BCUT2D eigenvalue weighted by atomic mass is 10.1. The molecular weight excluding hydrogens is 253 g/mol. The Kier molecular flexibility index (Phi) is 2.55. The van der Waals surface area contributed by atoms with Gasteiger partial charge < -0.3 is 0 Å². The molecule has 0 fully saturated rings. The van der Waals surface area contributed by atoms with Crippen LogP contribution in [0.2, 0.25) is 0 Å². The number of benzene rings is 1. The first-order valence-electron chi connectivity index (χ1n) is 5.72. The number of rotatable bonds is 1. The Labute approximate surface area is 107 Å². The largest absolute Gasteiger partial charge is 0.417 e. The topological polar surface area (TPSA) is 19.9 Å². The molecule has 0 saturated heterocycles. The number of aromatic amines is 1. The van der Waals surface area contributed by atoms with Crippen LogP contribution in [0.5, 0.6) is 0 Å². The molecule has 0 aliphatic rings. The van der Waals surface area contributed by atoms with Crippen LogP contribution in [0.1, 0.15) is 5.56 Å². The molecule has 0 aliphatic heterocycles. The molecule has 1 aromatic carbocycles. The van der Waals surface area contributed by atoms with Gasteiger partial charge in [0.25, 0.3) is 5.82 Å². The SMILES string of the molecule is FC(F)(F)c1ccccc1-c1[nH]cc2cccc[n+]12. The van der Waals surface area contributed by atoms with Crippen molar-refractivity contribution in [2.24, 2.45) is 0 Å². The molecule has 2 nitrogen and oxygen atoms in total. The molecular formula is C14H10F3N2+. The van der Waals surface area contributed by atoms with Gasteiger partial charge in [0.15, 0.2) is 5.52 Å². The van der Waals surface area contributed by atoms with Gasteiger partial charge in [0.05, 0.1) is 17.3 Å². The maximum absolute atomic E-state index is 13.0. The highest BCUT2D eigenvalue weighted by Crippen LogP contribution is 2.35. The van der Waals surface area contributed by atoms with Crippen molar-refractivity contribution >= 4 is 5.52 Å². The third-order valence-corrected chi connectivity index (χ3v) is 2.98. The number of nitrogens with one attached hydrogen (secondary N) is 1. The van der Waals surface area contributed by atoms with Crippen molar-refractivity contribution in [3.05, 3.63) is 60.4 Å². The van der Waals surface area contributed by atoms with Gasteiger partial charge in [-0.3, -0.25) is 0 Å². The highest BCUT2D eigenvalue weighted by atomic mass is 19.4. The quantitative estimate of drug-likeness (QED) is 0.649. The van der Waals surface area contributed by atoms with Crippen LogP contribution >= 0.6 is 0 Å². The van der Waals surface area contributed by atoms with Crippen LogP contribution in [0.15, 0.2) is 54.9 Å².